The van der Waals surface area contributed by atoms with Crippen LogP contribution in [-0.4, -0.2) is 41.1 Å². The first kappa shape index (κ1) is 19.3. The Balaban J connectivity index is 1.62. The number of likely N-dealkylation sites (tertiary alicyclic amines) is 1. The molecule has 1 aliphatic rings. The van der Waals surface area contributed by atoms with Crippen LogP contribution in [0.25, 0.3) is 22.4 Å². The molecule has 0 saturated carbocycles. The van der Waals surface area contributed by atoms with Crippen LogP contribution in [-0.2, 0) is 6.18 Å². The molecule has 28 heavy (non-hydrogen) atoms. The Morgan fingerprint density at radius 2 is 1.89 bits per heavy atom. The van der Waals surface area contributed by atoms with Gasteiger partial charge in [0, 0.05) is 23.1 Å². The summed E-state index contributed by atoms with van der Waals surface area (Å²) >= 11 is 3.49. The van der Waals surface area contributed by atoms with Crippen LogP contribution in [0.2, 0.25) is 0 Å². The number of hydrogen-bond acceptors (Lipinski definition) is 3. The summed E-state index contributed by atoms with van der Waals surface area (Å²) in [6.45, 7) is 1.99. The molecule has 0 bridgehead atoms. The normalized spacial score (nSPS) is 16.6. The number of hydrogen-bond donors (Lipinski definition) is 1. The highest BCUT2D eigenvalue weighted by Gasteiger charge is 2.30. The van der Waals surface area contributed by atoms with E-state index in [1.54, 1.807) is 0 Å². The molecule has 2 aromatic carbocycles. The van der Waals surface area contributed by atoms with Gasteiger partial charge in [0.1, 0.15) is 17.7 Å². The number of nitrogens with one attached hydrogen (secondary N) is 1. The van der Waals surface area contributed by atoms with Crippen molar-refractivity contribution in [1.29, 1.82) is 0 Å². The Morgan fingerprint density at radius 3 is 2.61 bits per heavy atom. The lowest BCUT2D eigenvalue weighted by molar-refractivity contribution is -0.137. The minimum absolute atomic E-state index is 0.156. The number of halogens is 4. The Labute approximate surface area is 168 Å². The smallest absolute Gasteiger partial charge is 0.416 e. The second-order valence-electron chi connectivity index (χ2n) is 7.11. The lowest BCUT2D eigenvalue weighted by atomic mass is 10.1. The molecule has 8 heteroatoms. The number of aromatic nitrogens is 2. The van der Waals surface area contributed by atoms with E-state index in [4.69, 9.17) is 4.74 Å². The summed E-state index contributed by atoms with van der Waals surface area (Å²) in [6, 6.07) is 9.13. The van der Waals surface area contributed by atoms with Gasteiger partial charge in [-0.3, -0.25) is 0 Å². The van der Waals surface area contributed by atoms with Crippen LogP contribution in [0.5, 0.6) is 5.75 Å². The molecule has 1 N–H and O–H groups in total. The molecular formula is C20H19BrF3N3O. The van der Waals surface area contributed by atoms with Crippen molar-refractivity contribution < 1.29 is 17.9 Å². The molecule has 4 nitrogen and oxygen atoms in total. The maximum atomic E-state index is 12.9. The van der Waals surface area contributed by atoms with Crippen molar-refractivity contribution in [2.24, 2.45) is 0 Å². The highest BCUT2D eigenvalue weighted by atomic mass is 79.9. The van der Waals surface area contributed by atoms with E-state index in [1.807, 2.05) is 18.2 Å². The van der Waals surface area contributed by atoms with Gasteiger partial charge in [-0.05, 0) is 56.3 Å². The number of nitrogens with zero attached hydrogens (tertiary/aromatic N) is 2. The van der Waals surface area contributed by atoms with Crippen molar-refractivity contribution in [2.75, 3.05) is 20.1 Å². The first-order valence-corrected chi connectivity index (χ1v) is 9.80. The molecule has 0 radical (unpaired) electrons. The molecule has 1 fully saturated rings. The van der Waals surface area contributed by atoms with E-state index < -0.39 is 11.7 Å². The first-order chi connectivity index (χ1) is 13.3. The molecule has 1 saturated heterocycles. The number of benzene rings is 2. The summed E-state index contributed by atoms with van der Waals surface area (Å²) in [7, 11) is 2.10. The van der Waals surface area contributed by atoms with Gasteiger partial charge < -0.3 is 14.6 Å². The topological polar surface area (TPSA) is 41.1 Å². The van der Waals surface area contributed by atoms with Gasteiger partial charge in [0.25, 0.3) is 0 Å². The number of alkyl halides is 3. The highest BCUT2D eigenvalue weighted by molar-refractivity contribution is 9.10. The number of H-pyrrole nitrogens is 1. The van der Waals surface area contributed by atoms with E-state index in [0.717, 1.165) is 53.8 Å². The monoisotopic (exact) mass is 453 g/mol. The quantitative estimate of drug-likeness (QED) is 0.570. The van der Waals surface area contributed by atoms with Crippen molar-refractivity contribution in [3.8, 4) is 17.1 Å². The standard InChI is InChI=1S/C20H19BrF3N3O/c1-27-6-4-15(5-7-27)28-16-9-12(8-14(21)11-16)19-25-17-3-2-13(20(22,23)24)10-18(17)26-19/h2-3,8-11,15H,4-7H2,1H3,(H,25,26). The van der Waals surface area contributed by atoms with E-state index in [9.17, 15) is 13.2 Å². The zero-order chi connectivity index (χ0) is 19.9. The van der Waals surface area contributed by atoms with E-state index >= 15 is 0 Å². The number of ether oxygens (including phenoxy) is 1. The summed E-state index contributed by atoms with van der Waals surface area (Å²) in [5, 5.41) is 0. The van der Waals surface area contributed by atoms with E-state index in [0.29, 0.717) is 16.9 Å². The predicted molar refractivity (Wildman–Crippen MR) is 105 cm³/mol. The molecule has 4 rings (SSSR count). The molecule has 0 unspecified atom stereocenters. The molecule has 148 valence electrons. The van der Waals surface area contributed by atoms with Crippen LogP contribution in [0.3, 0.4) is 0 Å². The summed E-state index contributed by atoms with van der Waals surface area (Å²) in [4.78, 5) is 9.71. The van der Waals surface area contributed by atoms with Gasteiger partial charge in [0.2, 0.25) is 0 Å². The zero-order valence-corrected chi connectivity index (χ0v) is 16.8. The number of piperidine rings is 1. The molecule has 2 heterocycles. The molecule has 0 atom stereocenters. The van der Waals surface area contributed by atoms with Gasteiger partial charge in [0.15, 0.2) is 0 Å². The van der Waals surface area contributed by atoms with Crippen LogP contribution in [0.1, 0.15) is 18.4 Å². The van der Waals surface area contributed by atoms with Crippen molar-refractivity contribution in [1.82, 2.24) is 14.9 Å². The third-order valence-electron chi connectivity index (χ3n) is 4.92. The van der Waals surface area contributed by atoms with Crippen LogP contribution < -0.4 is 4.74 Å². The van der Waals surface area contributed by atoms with Gasteiger partial charge in [0.05, 0.1) is 16.6 Å². The van der Waals surface area contributed by atoms with Gasteiger partial charge in [-0.2, -0.15) is 13.2 Å². The van der Waals surface area contributed by atoms with Crippen molar-refractivity contribution >= 4 is 27.0 Å². The molecule has 0 aliphatic carbocycles. The average molecular weight is 454 g/mol. The van der Waals surface area contributed by atoms with Crippen LogP contribution in [0.15, 0.2) is 40.9 Å². The fourth-order valence-corrected chi connectivity index (χ4v) is 3.86. The minimum Gasteiger partial charge on any atom is -0.490 e. The van der Waals surface area contributed by atoms with Crippen LogP contribution in [0, 0.1) is 0 Å². The van der Waals surface area contributed by atoms with Gasteiger partial charge in [-0.1, -0.05) is 15.9 Å². The van der Waals surface area contributed by atoms with E-state index in [1.165, 1.54) is 6.07 Å². The van der Waals surface area contributed by atoms with Gasteiger partial charge >= 0.3 is 6.18 Å². The maximum Gasteiger partial charge on any atom is 0.416 e. The summed E-state index contributed by atoms with van der Waals surface area (Å²) in [5.74, 6) is 1.22. The van der Waals surface area contributed by atoms with E-state index in [-0.39, 0.29) is 6.10 Å². The molecule has 3 aromatic rings. The Hall–Kier alpha value is -2.06. The predicted octanol–water partition coefficient (Wildman–Crippen LogP) is 5.48. The summed E-state index contributed by atoms with van der Waals surface area (Å²) in [6.07, 6.45) is -2.31. The average Bonchev–Trinajstić information content (AvgIpc) is 3.06. The maximum absolute atomic E-state index is 12.9. The third-order valence-corrected chi connectivity index (χ3v) is 5.38. The van der Waals surface area contributed by atoms with Crippen LogP contribution in [0.4, 0.5) is 13.2 Å². The summed E-state index contributed by atoms with van der Waals surface area (Å²) in [5.41, 5.74) is 0.890. The Morgan fingerprint density at radius 1 is 1.14 bits per heavy atom. The summed E-state index contributed by atoms with van der Waals surface area (Å²) < 4.78 is 45.8. The molecule has 1 aromatic heterocycles. The third kappa shape index (κ3) is 4.17. The molecular weight excluding hydrogens is 435 g/mol. The van der Waals surface area contributed by atoms with Crippen molar-refractivity contribution in [2.45, 2.75) is 25.1 Å². The SMILES string of the molecule is CN1CCC(Oc2cc(Br)cc(-c3nc4ccc(C(F)(F)F)cc4[nH]3)c2)CC1. The Bertz CT molecular complexity index is 994. The fourth-order valence-electron chi connectivity index (χ4n) is 3.39. The van der Waals surface area contributed by atoms with Gasteiger partial charge in [-0.25, -0.2) is 4.98 Å². The second-order valence-corrected chi connectivity index (χ2v) is 8.03. The van der Waals surface area contributed by atoms with Crippen molar-refractivity contribution in [3.63, 3.8) is 0 Å². The number of rotatable bonds is 3. The van der Waals surface area contributed by atoms with Crippen LogP contribution >= 0.6 is 15.9 Å². The lowest BCUT2D eigenvalue weighted by Gasteiger charge is -2.29. The second kappa shape index (κ2) is 7.40. The zero-order valence-electron chi connectivity index (χ0n) is 15.2. The number of aromatic amines is 1. The highest BCUT2D eigenvalue weighted by Crippen LogP contribution is 2.33. The van der Waals surface area contributed by atoms with Gasteiger partial charge in [-0.15, -0.1) is 0 Å². The largest absolute Gasteiger partial charge is 0.490 e. The molecule has 0 amide bonds. The Kier molecular flexibility index (Phi) is 5.09. The fraction of sp³-hybridized carbons (Fsp3) is 0.350. The number of imidazole rings is 1. The molecule has 0 spiro atoms. The molecule has 1 aliphatic heterocycles. The minimum atomic E-state index is -4.38. The first-order valence-electron chi connectivity index (χ1n) is 9.01. The van der Waals surface area contributed by atoms with E-state index in [2.05, 4.69) is 37.8 Å². The lowest BCUT2D eigenvalue weighted by Crippen LogP contribution is -2.35. The number of fused-ring (bicyclic) bond motifs is 1. The van der Waals surface area contributed by atoms with Crippen molar-refractivity contribution in [3.05, 3.63) is 46.4 Å².